The van der Waals surface area contributed by atoms with Crippen LogP contribution >= 0.6 is 0 Å². The molecule has 1 nitrogen and oxygen atoms in total. The molecule has 0 heterocycles. The number of aliphatic hydroxyl groups is 1. The first-order chi connectivity index (χ1) is 5.61. The summed E-state index contributed by atoms with van der Waals surface area (Å²) >= 11 is 0. The van der Waals surface area contributed by atoms with Gasteiger partial charge in [0.1, 0.15) is 0 Å². The third-order valence-electron chi connectivity index (χ3n) is 4.25. The monoisotopic (exact) mass is 168 g/mol. The van der Waals surface area contributed by atoms with E-state index in [9.17, 15) is 5.11 Å². The van der Waals surface area contributed by atoms with Crippen molar-refractivity contribution in [2.75, 3.05) is 0 Å². The van der Waals surface area contributed by atoms with E-state index in [0.29, 0.717) is 11.8 Å². The first-order valence-electron chi connectivity index (χ1n) is 5.29. The maximum atomic E-state index is 9.79. The largest absolute Gasteiger partial charge is 0.393 e. The summed E-state index contributed by atoms with van der Waals surface area (Å²) in [5, 5.41) is 9.79. The zero-order valence-corrected chi connectivity index (χ0v) is 8.33. The molecule has 0 aliphatic heterocycles. The van der Waals surface area contributed by atoms with E-state index < -0.39 is 0 Å². The standard InChI is InChI=1S/C11H20O/c1-6(2)9-4-8-5-10(9)7(3)11(8)12/h6-12H,4-5H2,1-3H3. The van der Waals surface area contributed by atoms with E-state index in [0.717, 1.165) is 17.8 Å². The maximum absolute atomic E-state index is 9.79. The lowest BCUT2D eigenvalue weighted by molar-refractivity contribution is 0.0361. The summed E-state index contributed by atoms with van der Waals surface area (Å²) in [6, 6.07) is 0. The summed E-state index contributed by atoms with van der Waals surface area (Å²) < 4.78 is 0. The second kappa shape index (κ2) is 2.73. The van der Waals surface area contributed by atoms with Gasteiger partial charge in [-0.25, -0.2) is 0 Å². The van der Waals surface area contributed by atoms with E-state index in [2.05, 4.69) is 20.8 Å². The predicted octanol–water partition coefficient (Wildman–Crippen LogP) is 2.30. The van der Waals surface area contributed by atoms with Crippen LogP contribution in [-0.4, -0.2) is 11.2 Å². The molecular formula is C11H20O. The van der Waals surface area contributed by atoms with E-state index >= 15 is 0 Å². The Morgan fingerprint density at radius 1 is 1.25 bits per heavy atom. The molecule has 0 aromatic rings. The Hall–Kier alpha value is -0.0400. The van der Waals surface area contributed by atoms with Crippen molar-refractivity contribution in [1.82, 2.24) is 0 Å². The van der Waals surface area contributed by atoms with E-state index in [1.54, 1.807) is 0 Å². The van der Waals surface area contributed by atoms with Gasteiger partial charge in [-0.1, -0.05) is 20.8 Å². The number of hydrogen-bond donors (Lipinski definition) is 1. The topological polar surface area (TPSA) is 20.2 Å². The Labute approximate surface area is 75.2 Å². The Morgan fingerprint density at radius 3 is 2.33 bits per heavy atom. The average Bonchev–Trinajstić information content (AvgIpc) is 2.53. The first-order valence-corrected chi connectivity index (χ1v) is 5.29. The van der Waals surface area contributed by atoms with E-state index in [4.69, 9.17) is 0 Å². The van der Waals surface area contributed by atoms with Gasteiger partial charge < -0.3 is 5.11 Å². The third kappa shape index (κ3) is 1.02. The molecule has 5 atom stereocenters. The van der Waals surface area contributed by atoms with Gasteiger partial charge in [0.15, 0.2) is 0 Å². The van der Waals surface area contributed by atoms with Gasteiger partial charge in [0.25, 0.3) is 0 Å². The fraction of sp³-hybridized carbons (Fsp3) is 1.00. The highest BCUT2D eigenvalue weighted by atomic mass is 16.3. The van der Waals surface area contributed by atoms with Crippen LogP contribution in [0.1, 0.15) is 33.6 Å². The molecule has 5 unspecified atom stereocenters. The number of rotatable bonds is 1. The molecule has 2 bridgehead atoms. The molecule has 2 aliphatic carbocycles. The number of fused-ring (bicyclic) bond motifs is 2. The van der Waals surface area contributed by atoms with Gasteiger partial charge in [-0.2, -0.15) is 0 Å². The quantitative estimate of drug-likeness (QED) is 0.637. The van der Waals surface area contributed by atoms with Crippen LogP contribution in [0.2, 0.25) is 0 Å². The minimum Gasteiger partial charge on any atom is -0.393 e. The van der Waals surface area contributed by atoms with Crippen LogP contribution in [0.5, 0.6) is 0 Å². The van der Waals surface area contributed by atoms with Crippen molar-refractivity contribution in [3.63, 3.8) is 0 Å². The van der Waals surface area contributed by atoms with Crippen LogP contribution in [0.3, 0.4) is 0 Å². The number of aliphatic hydroxyl groups excluding tert-OH is 1. The molecule has 12 heavy (non-hydrogen) atoms. The molecule has 2 aliphatic rings. The average molecular weight is 168 g/mol. The van der Waals surface area contributed by atoms with Crippen molar-refractivity contribution < 1.29 is 5.11 Å². The molecule has 0 radical (unpaired) electrons. The summed E-state index contributed by atoms with van der Waals surface area (Å²) in [6.45, 7) is 6.87. The van der Waals surface area contributed by atoms with E-state index in [-0.39, 0.29) is 6.10 Å². The lowest BCUT2D eigenvalue weighted by Gasteiger charge is -2.33. The SMILES string of the molecule is CC(C)C1CC2CC1C(C)C2O. The van der Waals surface area contributed by atoms with Gasteiger partial charge in [0.05, 0.1) is 6.10 Å². The highest BCUT2D eigenvalue weighted by molar-refractivity contribution is 4.99. The molecule has 1 heteroatoms. The van der Waals surface area contributed by atoms with Crippen molar-refractivity contribution in [2.24, 2.45) is 29.6 Å². The fourth-order valence-electron chi connectivity index (χ4n) is 3.48. The Bertz CT molecular complexity index is 174. The minimum atomic E-state index is 0.0185. The summed E-state index contributed by atoms with van der Waals surface area (Å²) in [7, 11) is 0. The predicted molar refractivity (Wildman–Crippen MR) is 49.7 cm³/mol. The van der Waals surface area contributed by atoms with Crippen molar-refractivity contribution in [3.8, 4) is 0 Å². The molecule has 0 saturated heterocycles. The Balaban J connectivity index is 2.10. The molecule has 1 N–H and O–H groups in total. The smallest absolute Gasteiger partial charge is 0.0596 e. The molecule has 0 aromatic carbocycles. The van der Waals surface area contributed by atoms with Crippen LogP contribution in [0.4, 0.5) is 0 Å². The molecule has 2 fully saturated rings. The van der Waals surface area contributed by atoms with E-state index in [1.165, 1.54) is 12.8 Å². The van der Waals surface area contributed by atoms with Gasteiger partial charge in [-0.15, -0.1) is 0 Å². The van der Waals surface area contributed by atoms with Gasteiger partial charge >= 0.3 is 0 Å². The summed E-state index contributed by atoms with van der Waals surface area (Å²) in [6.07, 6.45) is 2.60. The highest BCUT2D eigenvalue weighted by Gasteiger charge is 2.50. The van der Waals surface area contributed by atoms with Gasteiger partial charge in [0, 0.05) is 0 Å². The lowest BCUT2D eigenvalue weighted by Crippen LogP contribution is -2.32. The third-order valence-corrected chi connectivity index (χ3v) is 4.25. The lowest BCUT2D eigenvalue weighted by atomic mass is 9.75. The summed E-state index contributed by atoms with van der Waals surface area (Å²) in [4.78, 5) is 0. The van der Waals surface area contributed by atoms with Crippen molar-refractivity contribution >= 4 is 0 Å². The van der Waals surface area contributed by atoms with Crippen LogP contribution in [0.15, 0.2) is 0 Å². The normalized spacial score (nSPS) is 52.2. The highest BCUT2D eigenvalue weighted by Crippen LogP contribution is 2.53. The van der Waals surface area contributed by atoms with Crippen LogP contribution < -0.4 is 0 Å². The summed E-state index contributed by atoms with van der Waals surface area (Å²) in [5.41, 5.74) is 0. The maximum Gasteiger partial charge on any atom is 0.0596 e. The fourth-order valence-corrected chi connectivity index (χ4v) is 3.48. The van der Waals surface area contributed by atoms with Crippen molar-refractivity contribution in [1.29, 1.82) is 0 Å². The zero-order chi connectivity index (χ0) is 8.88. The van der Waals surface area contributed by atoms with Crippen LogP contribution in [-0.2, 0) is 0 Å². The van der Waals surface area contributed by atoms with Gasteiger partial charge in [-0.05, 0) is 42.4 Å². The zero-order valence-electron chi connectivity index (χ0n) is 8.33. The first kappa shape index (κ1) is 8.55. The number of hydrogen-bond acceptors (Lipinski definition) is 1. The van der Waals surface area contributed by atoms with Crippen LogP contribution in [0, 0.1) is 29.6 Å². The molecular weight excluding hydrogens is 148 g/mol. The van der Waals surface area contributed by atoms with Crippen LogP contribution in [0.25, 0.3) is 0 Å². The van der Waals surface area contributed by atoms with Crippen molar-refractivity contribution in [3.05, 3.63) is 0 Å². The summed E-state index contributed by atoms with van der Waals surface area (Å²) in [5.74, 6) is 3.74. The molecule has 0 aromatic heterocycles. The Morgan fingerprint density at radius 2 is 1.92 bits per heavy atom. The molecule has 70 valence electrons. The molecule has 2 rings (SSSR count). The Kier molecular flexibility index (Phi) is 1.95. The molecule has 0 amide bonds. The molecule has 0 spiro atoms. The van der Waals surface area contributed by atoms with E-state index in [1.807, 2.05) is 0 Å². The molecule has 2 saturated carbocycles. The second-order valence-electron chi connectivity index (χ2n) is 5.15. The second-order valence-corrected chi connectivity index (χ2v) is 5.15. The van der Waals surface area contributed by atoms with Crippen molar-refractivity contribution in [2.45, 2.75) is 39.7 Å². The van der Waals surface area contributed by atoms with Gasteiger partial charge in [0.2, 0.25) is 0 Å². The minimum absolute atomic E-state index is 0.0185. The van der Waals surface area contributed by atoms with Gasteiger partial charge in [-0.3, -0.25) is 0 Å².